The molecule has 3 aromatic carbocycles. The van der Waals surface area contributed by atoms with Crippen LogP contribution in [-0.4, -0.2) is 18.7 Å². The summed E-state index contributed by atoms with van der Waals surface area (Å²) in [5, 5.41) is 0. The van der Waals surface area contributed by atoms with Crippen LogP contribution < -0.4 is 4.74 Å². The first-order valence-electron chi connectivity index (χ1n) is 13.8. The summed E-state index contributed by atoms with van der Waals surface area (Å²) in [6.07, 6.45) is 8.00. The van der Waals surface area contributed by atoms with Crippen LogP contribution >= 0.6 is 0 Å². The van der Waals surface area contributed by atoms with Crippen molar-refractivity contribution in [3.63, 3.8) is 0 Å². The maximum absolute atomic E-state index is 14.7. The predicted molar refractivity (Wildman–Crippen MR) is 153 cm³/mol. The number of hydrogen-bond donors (Lipinski definition) is 0. The molecule has 0 saturated heterocycles. The fraction of sp³-hybridized carbons (Fsp3) is 0.257. The van der Waals surface area contributed by atoms with Gasteiger partial charge in [-0.3, -0.25) is 9.59 Å². The summed E-state index contributed by atoms with van der Waals surface area (Å²) in [5.74, 6) is -5.39. The third kappa shape index (κ3) is 6.15. The second-order valence-corrected chi connectivity index (χ2v) is 10.9. The van der Waals surface area contributed by atoms with Gasteiger partial charge in [0.25, 0.3) is 0 Å². The van der Waals surface area contributed by atoms with E-state index in [1.807, 2.05) is 19.1 Å². The second-order valence-electron chi connectivity index (χ2n) is 10.9. The maximum Gasteiger partial charge on any atom is 0.195 e. The van der Waals surface area contributed by atoms with Crippen molar-refractivity contribution in [3.05, 3.63) is 135 Å². The molecule has 0 aliphatic heterocycles. The Hall–Kier alpha value is -4.26. The largest absolute Gasteiger partial charge is 0.496 e. The number of ketones is 2. The van der Waals surface area contributed by atoms with Gasteiger partial charge in [-0.2, -0.15) is 0 Å². The Kier molecular flexibility index (Phi) is 8.57. The van der Waals surface area contributed by atoms with Crippen molar-refractivity contribution >= 4 is 11.6 Å². The van der Waals surface area contributed by atoms with Crippen molar-refractivity contribution in [2.75, 3.05) is 7.11 Å². The van der Waals surface area contributed by atoms with E-state index in [0.717, 1.165) is 28.7 Å². The standard InChI is InChI=1S/C35H30F4O3/c1-20-6-7-21(14-20)15-27(40)13-10-23-4-3-5-28(35(23)42-2)29-16-24(22-8-11-25(36)12-9-22)17-30(29)34(41)33-31(38)18-26(37)19-32(33)39/h3-6,8-9,11-12,14,17-19,24,29H,7,10,13,15-16H2,1-2H3. The number of para-hydroxylation sites is 1. The number of carbonyl (C=O) groups is 2. The Balaban J connectivity index is 1.47. The molecule has 0 spiro atoms. The van der Waals surface area contributed by atoms with Gasteiger partial charge in [-0.15, -0.1) is 0 Å². The number of aryl methyl sites for hydroxylation is 1. The zero-order valence-electron chi connectivity index (χ0n) is 23.4. The highest BCUT2D eigenvalue weighted by atomic mass is 19.1. The van der Waals surface area contributed by atoms with Crippen molar-refractivity contribution in [2.24, 2.45) is 0 Å². The van der Waals surface area contributed by atoms with Crippen LogP contribution in [0.3, 0.4) is 0 Å². The topological polar surface area (TPSA) is 43.4 Å². The zero-order valence-corrected chi connectivity index (χ0v) is 23.4. The molecule has 0 amide bonds. The van der Waals surface area contributed by atoms with Gasteiger partial charge in [-0.05, 0) is 49.4 Å². The van der Waals surface area contributed by atoms with Crippen LogP contribution in [0.4, 0.5) is 17.6 Å². The summed E-state index contributed by atoms with van der Waals surface area (Å²) in [6.45, 7) is 2.00. The molecule has 2 aliphatic rings. The van der Waals surface area contributed by atoms with Gasteiger partial charge in [-0.25, -0.2) is 17.6 Å². The molecule has 0 aromatic heterocycles. The molecule has 2 unspecified atom stereocenters. The van der Waals surface area contributed by atoms with E-state index in [1.54, 1.807) is 30.3 Å². The highest BCUT2D eigenvalue weighted by molar-refractivity contribution is 6.10. The van der Waals surface area contributed by atoms with Gasteiger partial charge in [0.2, 0.25) is 0 Å². The number of hydrogen-bond acceptors (Lipinski definition) is 3. The molecule has 0 N–H and O–H groups in total. The van der Waals surface area contributed by atoms with Gasteiger partial charge in [0.15, 0.2) is 5.78 Å². The number of benzene rings is 3. The lowest BCUT2D eigenvalue weighted by atomic mass is 9.84. The molecular formula is C35H30F4O3. The van der Waals surface area contributed by atoms with Crippen LogP contribution in [0.15, 0.2) is 89.5 Å². The van der Waals surface area contributed by atoms with Gasteiger partial charge in [0.1, 0.15) is 34.8 Å². The molecule has 3 aromatic rings. The maximum atomic E-state index is 14.7. The number of halogens is 4. The average molecular weight is 575 g/mol. The normalized spacial score (nSPS) is 18.0. The number of Topliss-reactive ketones (excluding diaryl/α,β-unsaturated/α-hetero) is 2. The Bertz CT molecular complexity index is 1610. The van der Waals surface area contributed by atoms with Crippen LogP contribution in [0.5, 0.6) is 5.75 Å². The summed E-state index contributed by atoms with van der Waals surface area (Å²) in [4.78, 5) is 26.4. The Labute approximate surface area is 242 Å². The van der Waals surface area contributed by atoms with Crippen LogP contribution in [0.1, 0.15) is 71.5 Å². The number of methoxy groups -OCH3 is 1. The summed E-state index contributed by atoms with van der Waals surface area (Å²) in [6, 6.07) is 12.3. The summed E-state index contributed by atoms with van der Waals surface area (Å²) in [7, 11) is 1.50. The van der Waals surface area contributed by atoms with Crippen molar-refractivity contribution in [2.45, 2.75) is 50.9 Å². The summed E-state index contributed by atoms with van der Waals surface area (Å²) >= 11 is 0. The van der Waals surface area contributed by atoms with E-state index in [1.165, 1.54) is 19.2 Å². The molecule has 0 heterocycles. The summed E-state index contributed by atoms with van der Waals surface area (Å²) < 4.78 is 62.5. The minimum Gasteiger partial charge on any atom is -0.496 e. The highest BCUT2D eigenvalue weighted by Gasteiger charge is 2.37. The Morgan fingerprint density at radius 1 is 0.952 bits per heavy atom. The van der Waals surface area contributed by atoms with Crippen molar-refractivity contribution in [1.29, 1.82) is 0 Å². The van der Waals surface area contributed by atoms with Gasteiger partial charge in [0.05, 0.1) is 12.7 Å². The SMILES string of the molecule is COc1c(CCC(=O)CC2=CC(C)=CC2)cccc1C1CC(c2ccc(F)cc2)C=C1C(=O)c1c(F)cc(F)cc1F. The molecule has 2 aliphatic carbocycles. The van der Waals surface area contributed by atoms with Crippen molar-refractivity contribution < 1.29 is 31.9 Å². The van der Waals surface area contributed by atoms with E-state index < -0.39 is 40.5 Å². The first-order valence-corrected chi connectivity index (χ1v) is 13.8. The minimum absolute atomic E-state index is 0.104. The van der Waals surface area contributed by atoms with E-state index in [0.29, 0.717) is 49.1 Å². The predicted octanol–water partition coefficient (Wildman–Crippen LogP) is 8.50. The quantitative estimate of drug-likeness (QED) is 0.180. The smallest absolute Gasteiger partial charge is 0.195 e. The zero-order chi connectivity index (χ0) is 30.0. The lowest BCUT2D eigenvalue weighted by Gasteiger charge is -2.21. The lowest BCUT2D eigenvalue weighted by molar-refractivity contribution is -0.118. The first kappa shape index (κ1) is 29.2. The third-order valence-corrected chi connectivity index (χ3v) is 7.96. The molecule has 42 heavy (non-hydrogen) atoms. The molecular weight excluding hydrogens is 544 g/mol. The molecule has 0 bridgehead atoms. The minimum atomic E-state index is -1.29. The van der Waals surface area contributed by atoms with Crippen LogP contribution in [0.2, 0.25) is 0 Å². The van der Waals surface area contributed by atoms with E-state index >= 15 is 0 Å². The molecule has 216 valence electrons. The first-order chi connectivity index (χ1) is 20.1. The number of carbonyl (C=O) groups excluding carboxylic acids is 2. The number of rotatable bonds is 10. The molecule has 0 fully saturated rings. The van der Waals surface area contributed by atoms with Crippen LogP contribution in [0.25, 0.3) is 0 Å². The Morgan fingerprint density at radius 2 is 1.67 bits per heavy atom. The van der Waals surface area contributed by atoms with Crippen LogP contribution in [-0.2, 0) is 11.2 Å². The fourth-order valence-electron chi connectivity index (χ4n) is 5.95. The van der Waals surface area contributed by atoms with E-state index in [4.69, 9.17) is 4.74 Å². The van der Waals surface area contributed by atoms with E-state index in [9.17, 15) is 27.2 Å². The average Bonchev–Trinajstić information content (AvgIpc) is 3.57. The van der Waals surface area contributed by atoms with Crippen LogP contribution in [0, 0.1) is 23.3 Å². The molecule has 2 atom stereocenters. The molecule has 0 saturated carbocycles. The molecule has 0 radical (unpaired) electrons. The second kappa shape index (κ2) is 12.3. The fourth-order valence-corrected chi connectivity index (χ4v) is 5.95. The third-order valence-electron chi connectivity index (χ3n) is 7.96. The summed E-state index contributed by atoms with van der Waals surface area (Å²) in [5.41, 5.74) is 3.68. The van der Waals surface area contributed by atoms with E-state index in [2.05, 4.69) is 6.08 Å². The number of ether oxygens (including phenoxy) is 1. The molecule has 7 heteroatoms. The highest BCUT2D eigenvalue weighted by Crippen LogP contribution is 2.48. The molecule has 5 rings (SSSR count). The van der Waals surface area contributed by atoms with Gasteiger partial charge in [0, 0.05) is 47.9 Å². The number of allylic oxidation sites excluding steroid dienone is 6. The van der Waals surface area contributed by atoms with Crippen molar-refractivity contribution in [3.8, 4) is 5.75 Å². The Morgan fingerprint density at radius 3 is 2.31 bits per heavy atom. The van der Waals surface area contributed by atoms with Gasteiger partial charge in [-0.1, -0.05) is 59.7 Å². The monoisotopic (exact) mass is 574 g/mol. The molecule has 3 nitrogen and oxygen atoms in total. The van der Waals surface area contributed by atoms with E-state index in [-0.39, 0.29) is 17.3 Å². The lowest BCUT2D eigenvalue weighted by Crippen LogP contribution is -2.14. The van der Waals surface area contributed by atoms with Gasteiger partial charge < -0.3 is 4.74 Å². The van der Waals surface area contributed by atoms with Gasteiger partial charge >= 0.3 is 0 Å². The van der Waals surface area contributed by atoms with Crippen molar-refractivity contribution in [1.82, 2.24) is 0 Å².